The van der Waals surface area contributed by atoms with Crippen LogP contribution in [0.4, 0.5) is 0 Å². The van der Waals surface area contributed by atoms with Crippen molar-refractivity contribution in [3.8, 4) is 10.6 Å². The predicted octanol–water partition coefficient (Wildman–Crippen LogP) is 3.74. The van der Waals surface area contributed by atoms with E-state index in [9.17, 15) is 0 Å². The summed E-state index contributed by atoms with van der Waals surface area (Å²) in [6.07, 6.45) is 1.04. The van der Waals surface area contributed by atoms with Gasteiger partial charge in [-0.15, -0.1) is 22.7 Å². The van der Waals surface area contributed by atoms with E-state index in [-0.39, 0.29) is 0 Å². The maximum atomic E-state index is 4.56. The summed E-state index contributed by atoms with van der Waals surface area (Å²) in [5, 5.41) is 5.50. The predicted molar refractivity (Wildman–Crippen MR) is 59.5 cm³/mol. The number of aromatic nitrogens is 1. The molecule has 0 unspecified atom stereocenters. The summed E-state index contributed by atoms with van der Waals surface area (Å²) in [6.45, 7) is 4.28. The molecule has 0 bridgehead atoms. The highest BCUT2D eigenvalue weighted by molar-refractivity contribution is 7.14. The Hall–Kier alpha value is -0.670. The van der Waals surface area contributed by atoms with E-state index in [0.717, 1.165) is 12.1 Å². The summed E-state index contributed by atoms with van der Waals surface area (Å²) < 4.78 is 0. The number of hydrogen-bond donors (Lipinski definition) is 0. The summed E-state index contributed by atoms with van der Waals surface area (Å²) in [7, 11) is 0. The minimum Gasteiger partial charge on any atom is -0.240 e. The minimum atomic E-state index is 1.04. The molecular formula is C10H11NS2. The second-order valence-corrected chi connectivity index (χ2v) is 4.77. The third kappa shape index (κ3) is 1.67. The minimum absolute atomic E-state index is 1.04. The Kier molecular flexibility index (Phi) is 2.47. The fourth-order valence-corrected chi connectivity index (χ4v) is 2.91. The van der Waals surface area contributed by atoms with Gasteiger partial charge in [-0.1, -0.05) is 6.92 Å². The smallest absolute Gasteiger partial charge is 0.0930 e. The summed E-state index contributed by atoms with van der Waals surface area (Å²) >= 11 is 3.52. The molecular weight excluding hydrogens is 198 g/mol. The summed E-state index contributed by atoms with van der Waals surface area (Å²) in [6, 6.07) is 2.14. The zero-order chi connectivity index (χ0) is 9.26. The Morgan fingerprint density at radius 3 is 2.77 bits per heavy atom. The van der Waals surface area contributed by atoms with Crippen molar-refractivity contribution in [3.05, 3.63) is 27.4 Å². The summed E-state index contributed by atoms with van der Waals surface area (Å²) in [5.74, 6) is 0. The molecule has 0 N–H and O–H groups in total. The molecule has 1 nitrogen and oxygen atoms in total. The largest absolute Gasteiger partial charge is 0.240 e. The Bertz CT molecular complexity index is 400. The molecule has 0 fully saturated rings. The molecule has 0 saturated carbocycles. The van der Waals surface area contributed by atoms with Gasteiger partial charge in [-0.05, 0) is 30.4 Å². The number of thiophene rings is 1. The first-order valence-corrected chi connectivity index (χ1v) is 6.06. The van der Waals surface area contributed by atoms with Crippen molar-refractivity contribution >= 4 is 22.7 Å². The van der Waals surface area contributed by atoms with Crippen LogP contribution in [0.3, 0.4) is 0 Å². The highest BCUT2D eigenvalue weighted by atomic mass is 32.1. The molecule has 0 aliphatic carbocycles. The lowest BCUT2D eigenvalue weighted by Crippen LogP contribution is -1.78. The molecule has 0 saturated heterocycles. The van der Waals surface area contributed by atoms with Crippen LogP contribution in [-0.2, 0) is 6.42 Å². The lowest BCUT2D eigenvalue weighted by Gasteiger charge is -1.91. The lowest BCUT2D eigenvalue weighted by molar-refractivity contribution is 1.10. The topological polar surface area (TPSA) is 12.9 Å². The quantitative estimate of drug-likeness (QED) is 0.734. The van der Waals surface area contributed by atoms with Gasteiger partial charge in [0.1, 0.15) is 0 Å². The van der Waals surface area contributed by atoms with Crippen molar-refractivity contribution in [3.63, 3.8) is 0 Å². The Morgan fingerprint density at radius 2 is 2.23 bits per heavy atom. The van der Waals surface area contributed by atoms with E-state index in [1.165, 1.54) is 15.4 Å². The van der Waals surface area contributed by atoms with Gasteiger partial charge in [0, 0.05) is 5.38 Å². The monoisotopic (exact) mass is 209 g/mol. The van der Waals surface area contributed by atoms with Gasteiger partial charge >= 0.3 is 0 Å². The van der Waals surface area contributed by atoms with Gasteiger partial charge in [0.2, 0.25) is 0 Å². The standard InChI is InChI=1S/C10H11NS2/c1-3-9-11-8(6-13-9)10-7(2)4-5-12-10/h4-6H,3H2,1-2H3. The van der Waals surface area contributed by atoms with Gasteiger partial charge < -0.3 is 0 Å². The molecule has 2 rings (SSSR count). The zero-order valence-electron chi connectivity index (χ0n) is 7.70. The maximum absolute atomic E-state index is 4.56. The SMILES string of the molecule is CCc1nc(-c2sccc2C)cs1. The Labute approximate surface area is 86.1 Å². The van der Waals surface area contributed by atoms with Crippen molar-refractivity contribution in [1.82, 2.24) is 4.98 Å². The normalized spacial score (nSPS) is 10.6. The van der Waals surface area contributed by atoms with E-state index in [4.69, 9.17) is 0 Å². The highest BCUT2D eigenvalue weighted by Gasteiger charge is 2.06. The fraction of sp³-hybridized carbons (Fsp3) is 0.300. The molecule has 68 valence electrons. The van der Waals surface area contributed by atoms with Crippen LogP contribution in [0.15, 0.2) is 16.8 Å². The van der Waals surface area contributed by atoms with Crippen molar-refractivity contribution in [2.75, 3.05) is 0 Å². The van der Waals surface area contributed by atoms with Crippen LogP contribution >= 0.6 is 22.7 Å². The first-order chi connectivity index (χ1) is 6.31. The maximum Gasteiger partial charge on any atom is 0.0930 e. The highest BCUT2D eigenvalue weighted by Crippen LogP contribution is 2.29. The van der Waals surface area contributed by atoms with Gasteiger partial charge in [-0.3, -0.25) is 0 Å². The summed E-state index contributed by atoms with van der Waals surface area (Å²) in [4.78, 5) is 5.88. The number of rotatable bonds is 2. The number of thiazole rings is 1. The Balaban J connectivity index is 2.41. The van der Waals surface area contributed by atoms with E-state index in [1.807, 2.05) is 0 Å². The molecule has 0 spiro atoms. The second-order valence-electron chi connectivity index (χ2n) is 2.91. The lowest BCUT2D eigenvalue weighted by atomic mass is 10.2. The van der Waals surface area contributed by atoms with Crippen molar-refractivity contribution in [2.24, 2.45) is 0 Å². The van der Waals surface area contributed by atoms with Gasteiger partial charge in [0.25, 0.3) is 0 Å². The van der Waals surface area contributed by atoms with Gasteiger partial charge in [0.15, 0.2) is 0 Å². The number of aryl methyl sites for hydroxylation is 2. The molecule has 0 aliphatic rings. The van der Waals surface area contributed by atoms with Gasteiger partial charge in [0.05, 0.1) is 15.6 Å². The average Bonchev–Trinajstić information content (AvgIpc) is 2.71. The molecule has 3 heteroatoms. The summed E-state index contributed by atoms with van der Waals surface area (Å²) in [5.41, 5.74) is 2.48. The second kappa shape index (κ2) is 3.60. The van der Waals surface area contributed by atoms with Crippen LogP contribution in [0.5, 0.6) is 0 Å². The molecule has 0 aromatic carbocycles. The molecule has 2 heterocycles. The van der Waals surface area contributed by atoms with Crippen LogP contribution in [0, 0.1) is 6.92 Å². The van der Waals surface area contributed by atoms with E-state index in [2.05, 4.69) is 35.7 Å². The molecule has 2 aromatic rings. The number of hydrogen-bond acceptors (Lipinski definition) is 3. The van der Waals surface area contributed by atoms with E-state index >= 15 is 0 Å². The van der Waals surface area contributed by atoms with Crippen LogP contribution in [0.2, 0.25) is 0 Å². The average molecular weight is 209 g/mol. The van der Waals surface area contributed by atoms with Crippen molar-refractivity contribution < 1.29 is 0 Å². The Morgan fingerprint density at radius 1 is 1.38 bits per heavy atom. The third-order valence-electron chi connectivity index (χ3n) is 1.95. The number of nitrogens with zero attached hydrogens (tertiary/aromatic N) is 1. The van der Waals surface area contributed by atoms with E-state index in [0.29, 0.717) is 0 Å². The third-order valence-corrected chi connectivity index (χ3v) is 3.98. The molecule has 0 atom stereocenters. The first-order valence-electron chi connectivity index (χ1n) is 4.30. The molecule has 0 radical (unpaired) electrons. The van der Waals surface area contributed by atoms with E-state index < -0.39 is 0 Å². The van der Waals surface area contributed by atoms with Crippen LogP contribution in [0.25, 0.3) is 10.6 Å². The molecule has 0 aliphatic heterocycles. The zero-order valence-corrected chi connectivity index (χ0v) is 9.34. The molecule has 0 amide bonds. The van der Waals surface area contributed by atoms with Gasteiger partial charge in [-0.25, -0.2) is 4.98 Å². The van der Waals surface area contributed by atoms with Crippen molar-refractivity contribution in [1.29, 1.82) is 0 Å². The molecule has 2 aromatic heterocycles. The van der Waals surface area contributed by atoms with Crippen LogP contribution in [0.1, 0.15) is 17.5 Å². The molecule has 13 heavy (non-hydrogen) atoms. The van der Waals surface area contributed by atoms with Crippen molar-refractivity contribution in [2.45, 2.75) is 20.3 Å². The van der Waals surface area contributed by atoms with E-state index in [1.54, 1.807) is 22.7 Å². The van der Waals surface area contributed by atoms with Gasteiger partial charge in [-0.2, -0.15) is 0 Å². The van der Waals surface area contributed by atoms with Crippen LogP contribution in [-0.4, -0.2) is 4.98 Å². The first kappa shape index (κ1) is 8.91. The van der Waals surface area contributed by atoms with Crippen LogP contribution < -0.4 is 0 Å². The fourth-order valence-electron chi connectivity index (χ4n) is 1.21.